The molecule has 0 bridgehead atoms. The van der Waals surface area contributed by atoms with Gasteiger partial charge in [0.1, 0.15) is 0 Å². The van der Waals surface area contributed by atoms with Crippen molar-refractivity contribution in [3.8, 4) is 0 Å². The summed E-state index contributed by atoms with van der Waals surface area (Å²) in [7, 11) is 0. The van der Waals surface area contributed by atoms with E-state index in [1.807, 2.05) is 13.0 Å². The van der Waals surface area contributed by atoms with E-state index in [0.717, 1.165) is 18.4 Å². The second-order valence-corrected chi connectivity index (χ2v) is 5.42. The maximum Gasteiger partial charge on any atom is 0.220 e. The number of nitrogens with one attached hydrogen (secondary N) is 1. The summed E-state index contributed by atoms with van der Waals surface area (Å²) in [6, 6.07) is 8.32. The first kappa shape index (κ1) is 15.7. The van der Waals surface area contributed by atoms with Crippen molar-refractivity contribution in [1.82, 2.24) is 5.32 Å². The van der Waals surface area contributed by atoms with E-state index in [1.54, 1.807) is 0 Å². The average Bonchev–Trinajstić information content (AvgIpc) is 2.36. The fourth-order valence-electron chi connectivity index (χ4n) is 2.14. The van der Waals surface area contributed by atoms with Crippen molar-refractivity contribution in [1.29, 1.82) is 0 Å². The lowest BCUT2D eigenvalue weighted by Crippen LogP contribution is -2.26. The number of carbonyl (C=O) groups excluding carboxylic acids is 1. The van der Waals surface area contributed by atoms with Gasteiger partial charge in [-0.15, -0.1) is 0 Å². The molecule has 3 heteroatoms. The normalized spacial score (nSPS) is 13.9. The molecule has 0 spiro atoms. The van der Waals surface area contributed by atoms with E-state index in [4.69, 9.17) is 5.73 Å². The molecule has 1 unspecified atom stereocenters. The fourth-order valence-corrected chi connectivity index (χ4v) is 2.14. The Labute approximate surface area is 116 Å². The number of nitrogens with two attached hydrogens (primary N) is 1. The molecule has 0 heterocycles. The van der Waals surface area contributed by atoms with E-state index in [-0.39, 0.29) is 11.9 Å². The Morgan fingerprint density at radius 3 is 2.68 bits per heavy atom. The van der Waals surface area contributed by atoms with Gasteiger partial charge in [-0.1, -0.05) is 36.8 Å². The summed E-state index contributed by atoms with van der Waals surface area (Å²) < 4.78 is 0. The molecule has 1 aromatic rings. The van der Waals surface area contributed by atoms with Crippen LogP contribution in [0.2, 0.25) is 0 Å². The van der Waals surface area contributed by atoms with Crippen molar-refractivity contribution in [3.05, 3.63) is 35.4 Å². The molecule has 1 rings (SSSR count). The van der Waals surface area contributed by atoms with Gasteiger partial charge in [0.05, 0.1) is 6.04 Å². The topological polar surface area (TPSA) is 55.1 Å². The Kier molecular flexibility index (Phi) is 6.57. The molecule has 0 radical (unpaired) electrons. The lowest BCUT2D eigenvalue weighted by atomic mass is 10.0. The minimum Gasteiger partial charge on any atom is -0.350 e. The molecule has 19 heavy (non-hydrogen) atoms. The van der Waals surface area contributed by atoms with Gasteiger partial charge >= 0.3 is 0 Å². The van der Waals surface area contributed by atoms with Gasteiger partial charge in [-0.3, -0.25) is 4.79 Å². The van der Waals surface area contributed by atoms with Crippen LogP contribution in [0.1, 0.15) is 50.3 Å². The van der Waals surface area contributed by atoms with Crippen molar-refractivity contribution in [2.24, 2.45) is 11.7 Å². The van der Waals surface area contributed by atoms with E-state index in [1.165, 1.54) is 5.56 Å². The van der Waals surface area contributed by atoms with Crippen LogP contribution >= 0.6 is 0 Å². The SMILES string of the molecule is Cc1cccc([C@@H](C)NC(=O)CCC(C)CCN)c1. The molecule has 3 nitrogen and oxygen atoms in total. The summed E-state index contributed by atoms with van der Waals surface area (Å²) in [6.07, 6.45) is 2.47. The molecule has 0 saturated heterocycles. The van der Waals surface area contributed by atoms with Gasteiger partial charge in [-0.25, -0.2) is 0 Å². The van der Waals surface area contributed by atoms with Crippen LogP contribution in [0.25, 0.3) is 0 Å². The quantitative estimate of drug-likeness (QED) is 0.793. The van der Waals surface area contributed by atoms with E-state index < -0.39 is 0 Å². The monoisotopic (exact) mass is 262 g/mol. The molecule has 1 amide bonds. The van der Waals surface area contributed by atoms with E-state index >= 15 is 0 Å². The van der Waals surface area contributed by atoms with Crippen LogP contribution in [0, 0.1) is 12.8 Å². The molecular weight excluding hydrogens is 236 g/mol. The van der Waals surface area contributed by atoms with Crippen molar-refractivity contribution in [3.63, 3.8) is 0 Å². The first-order chi connectivity index (χ1) is 9.02. The van der Waals surface area contributed by atoms with Crippen molar-refractivity contribution < 1.29 is 4.79 Å². The van der Waals surface area contributed by atoms with Gasteiger partial charge in [0, 0.05) is 6.42 Å². The molecule has 0 fully saturated rings. The van der Waals surface area contributed by atoms with Gasteiger partial charge < -0.3 is 11.1 Å². The zero-order valence-corrected chi connectivity index (χ0v) is 12.3. The smallest absolute Gasteiger partial charge is 0.220 e. The van der Waals surface area contributed by atoms with Crippen molar-refractivity contribution in [2.75, 3.05) is 6.54 Å². The third kappa shape index (κ3) is 5.88. The molecule has 0 aliphatic heterocycles. The summed E-state index contributed by atoms with van der Waals surface area (Å²) in [5.41, 5.74) is 7.88. The number of benzene rings is 1. The third-order valence-corrected chi connectivity index (χ3v) is 3.44. The molecule has 0 aliphatic carbocycles. The highest BCUT2D eigenvalue weighted by Gasteiger charge is 2.11. The second-order valence-electron chi connectivity index (χ2n) is 5.42. The predicted molar refractivity (Wildman–Crippen MR) is 79.8 cm³/mol. The molecule has 0 aliphatic rings. The predicted octanol–water partition coefficient (Wildman–Crippen LogP) is 2.94. The number of hydrogen-bond acceptors (Lipinski definition) is 2. The average molecular weight is 262 g/mol. The third-order valence-electron chi connectivity index (χ3n) is 3.44. The van der Waals surface area contributed by atoms with E-state index in [2.05, 4.69) is 37.4 Å². The Bertz CT molecular complexity index is 403. The van der Waals surface area contributed by atoms with Crippen LogP contribution in [0.3, 0.4) is 0 Å². The summed E-state index contributed by atoms with van der Waals surface area (Å²) in [4.78, 5) is 11.9. The molecule has 1 aromatic carbocycles. The minimum atomic E-state index is 0.0669. The molecular formula is C16H26N2O. The zero-order chi connectivity index (χ0) is 14.3. The van der Waals surface area contributed by atoms with Crippen LogP contribution in [0.5, 0.6) is 0 Å². The first-order valence-corrected chi connectivity index (χ1v) is 7.09. The van der Waals surface area contributed by atoms with Crippen LogP contribution in [0.15, 0.2) is 24.3 Å². The Morgan fingerprint density at radius 1 is 1.32 bits per heavy atom. The summed E-state index contributed by atoms with van der Waals surface area (Å²) >= 11 is 0. The zero-order valence-electron chi connectivity index (χ0n) is 12.3. The van der Waals surface area contributed by atoms with Crippen LogP contribution in [-0.4, -0.2) is 12.5 Å². The summed E-state index contributed by atoms with van der Waals surface area (Å²) in [5, 5.41) is 3.05. The maximum absolute atomic E-state index is 11.9. The number of amides is 1. The highest BCUT2D eigenvalue weighted by Crippen LogP contribution is 2.15. The van der Waals surface area contributed by atoms with E-state index in [9.17, 15) is 4.79 Å². The Hall–Kier alpha value is -1.35. The number of carbonyl (C=O) groups is 1. The highest BCUT2D eigenvalue weighted by atomic mass is 16.1. The lowest BCUT2D eigenvalue weighted by Gasteiger charge is -2.16. The Morgan fingerprint density at radius 2 is 2.05 bits per heavy atom. The maximum atomic E-state index is 11.9. The van der Waals surface area contributed by atoms with Gasteiger partial charge in [0.25, 0.3) is 0 Å². The lowest BCUT2D eigenvalue weighted by molar-refractivity contribution is -0.122. The number of rotatable bonds is 7. The van der Waals surface area contributed by atoms with Gasteiger partial charge in [0.2, 0.25) is 5.91 Å². The minimum absolute atomic E-state index is 0.0669. The van der Waals surface area contributed by atoms with Crippen LogP contribution in [-0.2, 0) is 4.79 Å². The summed E-state index contributed by atoms with van der Waals surface area (Å²) in [6.45, 7) is 6.93. The van der Waals surface area contributed by atoms with Crippen molar-refractivity contribution >= 4 is 5.91 Å². The van der Waals surface area contributed by atoms with Crippen LogP contribution in [0.4, 0.5) is 0 Å². The van der Waals surface area contributed by atoms with Gasteiger partial charge in [0.15, 0.2) is 0 Å². The Balaban J connectivity index is 2.40. The van der Waals surface area contributed by atoms with E-state index in [0.29, 0.717) is 18.9 Å². The number of hydrogen-bond donors (Lipinski definition) is 2. The second kappa shape index (κ2) is 7.95. The number of aryl methyl sites for hydroxylation is 1. The molecule has 3 N–H and O–H groups in total. The van der Waals surface area contributed by atoms with Crippen molar-refractivity contribution in [2.45, 2.75) is 46.1 Å². The molecule has 2 atom stereocenters. The standard InChI is InChI=1S/C16H26N2O/c1-12(9-10-17)7-8-16(19)18-14(3)15-6-4-5-13(2)11-15/h4-6,11-12,14H,7-10,17H2,1-3H3,(H,18,19)/t12?,14-/m1/s1. The first-order valence-electron chi connectivity index (χ1n) is 7.09. The molecule has 106 valence electrons. The van der Waals surface area contributed by atoms with Gasteiger partial charge in [-0.05, 0) is 44.7 Å². The molecule has 0 aromatic heterocycles. The highest BCUT2D eigenvalue weighted by molar-refractivity contribution is 5.76. The molecule has 0 saturated carbocycles. The van der Waals surface area contributed by atoms with Gasteiger partial charge in [-0.2, -0.15) is 0 Å². The largest absolute Gasteiger partial charge is 0.350 e. The summed E-state index contributed by atoms with van der Waals surface area (Å²) in [5.74, 6) is 0.642. The van der Waals surface area contributed by atoms with Crippen LogP contribution < -0.4 is 11.1 Å². The fraction of sp³-hybridized carbons (Fsp3) is 0.562.